The molecule has 0 amide bonds. The number of carbonyl (C=O) groups excluding carboxylic acids is 1. The number of carboxylic acids is 1. The van der Waals surface area contributed by atoms with E-state index < -0.39 is 23.6 Å². The van der Waals surface area contributed by atoms with Crippen LogP contribution in [0, 0.1) is 5.82 Å². The molecule has 0 spiro atoms. The Bertz CT molecular complexity index is 1330. The molecule has 0 bridgehead atoms. The summed E-state index contributed by atoms with van der Waals surface area (Å²) in [5.74, 6) is -2.37. The van der Waals surface area contributed by atoms with Crippen LogP contribution in [0.1, 0.15) is 48.2 Å². The van der Waals surface area contributed by atoms with Crippen molar-refractivity contribution in [3.05, 3.63) is 63.3 Å². The number of aromatic nitrogens is 2. The number of halogens is 1. The van der Waals surface area contributed by atoms with Crippen LogP contribution < -0.4 is 15.0 Å². The van der Waals surface area contributed by atoms with Crippen molar-refractivity contribution in [3.8, 4) is 11.5 Å². The molecule has 1 aliphatic rings. The Morgan fingerprint density at radius 2 is 2.00 bits per heavy atom. The van der Waals surface area contributed by atoms with Gasteiger partial charge in [-0.3, -0.25) is 14.3 Å². The van der Waals surface area contributed by atoms with Crippen LogP contribution in [0.5, 0.6) is 11.5 Å². The zero-order valence-corrected chi connectivity index (χ0v) is 19.4. The number of unbranched alkanes of at least 4 members (excludes halogenated alkanes) is 1. The summed E-state index contributed by atoms with van der Waals surface area (Å²) in [5, 5.41) is 9.67. The summed E-state index contributed by atoms with van der Waals surface area (Å²) in [6.07, 6.45) is 1.89. The van der Waals surface area contributed by atoms with Crippen molar-refractivity contribution >= 4 is 23.0 Å². The first kappa shape index (κ1) is 24.2. The second kappa shape index (κ2) is 10.1. The minimum atomic E-state index is -1.36. The molecule has 0 aliphatic carbocycles. The number of hydrogen-bond donors (Lipinski definition) is 1. The van der Waals surface area contributed by atoms with Crippen LogP contribution in [0.3, 0.4) is 0 Å². The molecule has 1 N–H and O–H groups in total. The fourth-order valence-electron chi connectivity index (χ4n) is 3.96. The third-order valence-electron chi connectivity index (χ3n) is 5.67. The van der Waals surface area contributed by atoms with Gasteiger partial charge in [-0.05, 0) is 31.0 Å². The fraction of sp³-hybridized carbons (Fsp3) is 0.360. The van der Waals surface area contributed by atoms with Crippen molar-refractivity contribution < 1.29 is 33.3 Å². The van der Waals surface area contributed by atoms with Gasteiger partial charge < -0.3 is 19.3 Å². The molecule has 1 aromatic carbocycles. The molecular weight excluding hydrogens is 459 g/mol. The molecule has 3 heterocycles. The molecule has 0 radical (unpaired) electrons. The number of carbonyl (C=O) groups is 2. The average molecular weight is 484 g/mol. The smallest absolute Gasteiger partial charge is 0.347 e. The first-order valence-electron chi connectivity index (χ1n) is 11.4. The van der Waals surface area contributed by atoms with Crippen molar-refractivity contribution in [2.24, 2.45) is 0 Å². The van der Waals surface area contributed by atoms with Crippen molar-refractivity contribution in [3.63, 3.8) is 0 Å². The first-order chi connectivity index (χ1) is 16.8. The number of pyridine rings is 2. The third-order valence-corrected chi connectivity index (χ3v) is 5.67. The van der Waals surface area contributed by atoms with E-state index in [2.05, 4.69) is 4.98 Å². The van der Waals surface area contributed by atoms with Gasteiger partial charge in [0.1, 0.15) is 16.9 Å². The SMILES string of the molecule is CCCCOc1c(C(=O)OCC)c(=O)n2c3c(c(Cc4ccc(F)cc4)cnc13)O[C@@H](C(=O)O)C2. The summed E-state index contributed by atoms with van der Waals surface area (Å²) in [4.78, 5) is 42.6. The molecule has 0 fully saturated rings. The lowest BCUT2D eigenvalue weighted by Gasteiger charge is -2.28. The standard InChI is InChI=1S/C25H25FN2O7/c1-3-5-10-34-22-18(25(32)33-4-2)23(29)28-13-17(24(30)31)35-21-15(12-27-19(22)20(21)28)11-14-6-8-16(26)9-7-14/h6-9,12,17H,3-5,10-11,13H2,1-2H3,(H,30,31)/t17-/m1/s1. The van der Waals surface area contributed by atoms with E-state index in [0.29, 0.717) is 12.0 Å². The van der Waals surface area contributed by atoms with E-state index in [1.54, 1.807) is 19.1 Å². The predicted octanol–water partition coefficient (Wildman–Crippen LogP) is 3.33. The Kier molecular flexibility index (Phi) is 6.99. The number of aliphatic carboxylic acids is 1. The van der Waals surface area contributed by atoms with E-state index in [1.165, 1.54) is 22.9 Å². The van der Waals surface area contributed by atoms with E-state index in [0.717, 1.165) is 12.0 Å². The number of rotatable bonds is 9. The third kappa shape index (κ3) is 4.68. The van der Waals surface area contributed by atoms with Gasteiger partial charge in [0.05, 0.1) is 19.8 Å². The van der Waals surface area contributed by atoms with Crippen LogP contribution >= 0.6 is 0 Å². The van der Waals surface area contributed by atoms with Gasteiger partial charge in [-0.25, -0.2) is 14.0 Å². The summed E-state index contributed by atoms with van der Waals surface area (Å²) in [6, 6.07) is 5.83. The summed E-state index contributed by atoms with van der Waals surface area (Å²) < 4.78 is 31.4. The van der Waals surface area contributed by atoms with Gasteiger partial charge in [0.15, 0.2) is 17.1 Å². The summed E-state index contributed by atoms with van der Waals surface area (Å²) in [7, 11) is 0. The number of ether oxygens (including phenoxy) is 3. The zero-order valence-electron chi connectivity index (χ0n) is 19.4. The maximum absolute atomic E-state index is 13.5. The Morgan fingerprint density at radius 1 is 1.26 bits per heavy atom. The molecule has 3 aromatic rings. The average Bonchev–Trinajstić information content (AvgIpc) is 2.84. The number of nitrogens with zero attached hydrogens (tertiary/aromatic N) is 2. The van der Waals surface area contributed by atoms with E-state index >= 15 is 0 Å². The second-order valence-corrected chi connectivity index (χ2v) is 8.10. The van der Waals surface area contributed by atoms with Gasteiger partial charge in [0.25, 0.3) is 5.56 Å². The minimum Gasteiger partial charge on any atom is -0.490 e. The topological polar surface area (TPSA) is 117 Å². The van der Waals surface area contributed by atoms with Crippen LogP contribution in [-0.4, -0.2) is 45.9 Å². The Hall–Kier alpha value is -3.95. The second-order valence-electron chi connectivity index (χ2n) is 8.10. The largest absolute Gasteiger partial charge is 0.490 e. The number of hydrogen-bond acceptors (Lipinski definition) is 7. The molecule has 1 aliphatic heterocycles. The van der Waals surface area contributed by atoms with Gasteiger partial charge in [-0.1, -0.05) is 25.5 Å². The van der Waals surface area contributed by atoms with E-state index in [1.807, 2.05) is 6.92 Å². The van der Waals surface area contributed by atoms with Crippen LogP contribution in [0.15, 0.2) is 35.3 Å². The van der Waals surface area contributed by atoms with Crippen molar-refractivity contribution in [2.45, 2.75) is 45.8 Å². The van der Waals surface area contributed by atoms with E-state index in [9.17, 15) is 23.9 Å². The monoisotopic (exact) mass is 484 g/mol. The Balaban J connectivity index is 1.97. The lowest BCUT2D eigenvalue weighted by atomic mass is 10.0. The fourth-order valence-corrected chi connectivity index (χ4v) is 3.96. The maximum atomic E-state index is 13.5. The lowest BCUT2D eigenvalue weighted by Crippen LogP contribution is -2.41. The molecule has 2 aromatic heterocycles. The van der Waals surface area contributed by atoms with Crippen LogP contribution in [0.2, 0.25) is 0 Å². The summed E-state index contributed by atoms with van der Waals surface area (Å²) in [6.45, 7) is 3.56. The van der Waals surface area contributed by atoms with Gasteiger partial charge in [-0.2, -0.15) is 0 Å². The maximum Gasteiger partial charge on any atom is 0.347 e. The molecule has 0 saturated carbocycles. The molecule has 1 atom stereocenters. The van der Waals surface area contributed by atoms with Gasteiger partial charge in [0, 0.05) is 18.2 Å². The molecule has 4 rings (SSSR count). The van der Waals surface area contributed by atoms with Crippen molar-refractivity contribution in [1.82, 2.24) is 9.55 Å². The highest BCUT2D eigenvalue weighted by atomic mass is 19.1. The first-order valence-corrected chi connectivity index (χ1v) is 11.4. The highest BCUT2D eigenvalue weighted by Crippen LogP contribution is 2.38. The van der Waals surface area contributed by atoms with Gasteiger partial charge >= 0.3 is 11.9 Å². The quantitative estimate of drug-likeness (QED) is 0.363. The lowest BCUT2D eigenvalue weighted by molar-refractivity contribution is -0.146. The number of esters is 1. The predicted molar refractivity (Wildman–Crippen MR) is 124 cm³/mol. The molecule has 10 heteroatoms. The van der Waals surface area contributed by atoms with Crippen LogP contribution in [-0.2, 0) is 22.5 Å². The van der Waals surface area contributed by atoms with Crippen molar-refractivity contribution in [2.75, 3.05) is 13.2 Å². The van der Waals surface area contributed by atoms with Crippen LogP contribution in [0.25, 0.3) is 11.0 Å². The molecule has 0 saturated heterocycles. The van der Waals surface area contributed by atoms with E-state index in [-0.39, 0.29) is 60.1 Å². The zero-order chi connectivity index (χ0) is 25.1. The van der Waals surface area contributed by atoms with Gasteiger partial charge in [-0.15, -0.1) is 0 Å². The molecule has 184 valence electrons. The number of benzene rings is 1. The Morgan fingerprint density at radius 3 is 2.66 bits per heavy atom. The number of carboxylic acid groups (broad SMARTS) is 1. The van der Waals surface area contributed by atoms with Crippen LogP contribution in [0.4, 0.5) is 4.39 Å². The summed E-state index contributed by atoms with van der Waals surface area (Å²) in [5.41, 5.74) is 0.621. The highest BCUT2D eigenvalue weighted by Gasteiger charge is 2.35. The molecule has 9 nitrogen and oxygen atoms in total. The molecule has 35 heavy (non-hydrogen) atoms. The van der Waals surface area contributed by atoms with E-state index in [4.69, 9.17) is 14.2 Å². The molecular formula is C25H25FN2O7. The van der Waals surface area contributed by atoms with Crippen molar-refractivity contribution in [1.29, 1.82) is 0 Å². The summed E-state index contributed by atoms with van der Waals surface area (Å²) >= 11 is 0. The Labute approximate surface area is 200 Å². The molecule has 0 unspecified atom stereocenters. The normalized spacial score (nSPS) is 14.4. The highest BCUT2D eigenvalue weighted by molar-refractivity contribution is 6.00. The van der Waals surface area contributed by atoms with Gasteiger partial charge in [0.2, 0.25) is 6.10 Å². The minimum absolute atomic E-state index is 0.0138.